The minimum absolute atomic E-state index is 0.0215. The Balaban J connectivity index is 2.37. The van der Waals surface area contributed by atoms with Gasteiger partial charge in [0.25, 0.3) is 0 Å². The van der Waals surface area contributed by atoms with E-state index >= 15 is 0 Å². The molecule has 0 aliphatic rings. The standard InChI is InChI=1S/C13H16ClNO4S/c1-18-12-7-11(10-15)8-13(9-12)19-5-3-2-4-6-20(14,16)17/h7-9H,2-6H2,1H3. The Morgan fingerprint density at radius 2 is 1.90 bits per heavy atom. The third-order valence-electron chi connectivity index (χ3n) is 2.55. The molecule has 0 radical (unpaired) electrons. The molecule has 1 aromatic carbocycles. The van der Waals surface area contributed by atoms with Crippen molar-refractivity contribution in [3.05, 3.63) is 23.8 Å². The van der Waals surface area contributed by atoms with Crippen molar-refractivity contribution in [2.24, 2.45) is 0 Å². The fourth-order valence-electron chi connectivity index (χ4n) is 1.58. The quantitative estimate of drug-likeness (QED) is 0.544. The topological polar surface area (TPSA) is 76.4 Å². The van der Waals surface area contributed by atoms with E-state index < -0.39 is 9.05 Å². The lowest BCUT2D eigenvalue weighted by molar-refractivity contribution is 0.304. The molecule has 0 spiro atoms. The Labute approximate surface area is 123 Å². The van der Waals surface area contributed by atoms with E-state index in [0.717, 1.165) is 0 Å². The van der Waals surface area contributed by atoms with E-state index in [2.05, 4.69) is 0 Å². The Kier molecular flexibility index (Phi) is 6.62. The van der Waals surface area contributed by atoms with Crippen molar-refractivity contribution in [1.82, 2.24) is 0 Å². The summed E-state index contributed by atoms with van der Waals surface area (Å²) in [6, 6.07) is 6.98. The van der Waals surface area contributed by atoms with E-state index in [9.17, 15) is 8.42 Å². The van der Waals surface area contributed by atoms with Gasteiger partial charge >= 0.3 is 0 Å². The van der Waals surface area contributed by atoms with Gasteiger partial charge in [0.2, 0.25) is 9.05 Å². The molecule has 0 amide bonds. The number of halogens is 1. The van der Waals surface area contributed by atoms with Crippen molar-refractivity contribution < 1.29 is 17.9 Å². The van der Waals surface area contributed by atoms with Gasteiger partial charge < -0.3 is 9.47 Å². The van der Waals surface area contributed by atoms with E-state index in [1.807, 2.05) is 6.07 Å². The number of hydrogen-bond donors (Lipinski definition) is 0. The van der Waals surface area contributed by atoms with Gasteiger partial charge in [0, 0.05) is 16.7 Å². The number of ether oxygens (including phenoxy) is 2. The minimum atomic E-state index is -3.40. The van der Waals surface area contributed by atoms with Crippen molar-refractivity contribution in [3.63, 3.8) is 0 Å². The third kappa shape index (κ3) is 6.64. The molecule has 1 aromatic rings. The number of methoxy groups -OCH3 is 1. The molecule has 0 aliphatic carbocycles. The second-order valence-electron chi connectivity index (χ2n) is 4.16. The summed E-state index contributed by atoms with van der Waals surface area (Å²) >= 11 is 0. The van der Waals surface area contributed by atoms with Gasteiger partial charge in [0.1, 0.15) is 11.5 Å². The highest BCUT2D eigenvalue weighted by atomic mass is 35.7. The first-order valence-corrected chi connectivity index (χ1v) is 8.57. The van der Waals surface area contributed by atoms with Crippen LogP contribution in [0.1, 0.15) is 24.8 Å². The van der Waals surface area contributed by atoms with Crippen LogP contribution in [0.2, 0.25) is 0 Å². The average molecular weight is 318 g/mol. The Hall–Kier alpha value is -1.45. The highest BCUT2D eigenvalue weighted by Crippen LogP contribution is 2.22. The zero-order chi connectivity index (χ0) is 15.0. The van der Waals surface area contributed by atoms with Crippen LogP contribution in [0.3, 0.4) is 0 Å². The van der Waals surface area contributed by atoms with Crippen LogP contribution in [0.5, 0.6) is 11.5 Å². The molecule has 0 atom stereocenters. The number of hydrogen-bond acceptors (Lipinski definition) is 5. The maximum absolute atomic E-state index is 10.7. The molecule has 1 rings (SSSR count). The lowest BCUT2D eigenvalue weighted by Crippen LogP contribution is -2.01. The number of rotatable bonds is 8. The molecule has 0 N–H and O–H groups in total. The molecule has 0 heterocycles. The molecule has 0 saturated carbocycles. The van der Waals surface area contributed by atoms with Crippen LogP contribution in [-0.4, -0.2) is 27.9 Å². The molecule has 20 heavy (non-hydrogen) atoms. The minimum Gasteiger partial charge on any atom is -0.497 e. The summed E-state index contributed by atoms with van der Waals surface area (Å²) in [6.45, 7) is 0.445. The van der Waals surface area contributed by atoms with Gasteiger partial charge in [-0.25, -0.2) is 8.42 Å². The van der Waals surface area contributed by atoms with Crippen molar-refractivity contribution in [1.29, 1.82) is 5.26 Å². The summed E-state index contributed by atoms with van der Waals surface area (Å²) in [5, 5.41) is 8.87. The Bertz CT molecular complexity index is 581. The average Bonchev–Trinajstić information content (AvgIpc) is 2.41. The Morgan fingerprint density at radius 1 is 1.20 bits per heavy atom. The summed E-state index contributed by atoms with van der Waals surface area (Å²) in [6.07, 6.45) is 1.93. The highest BCUT2D eigenvalue weighted by molar-refractivity contribution is 8.13. The maximum atomic E-state index is 10.7. The van der Waals surface area contributed by atoms with Gasteiger partial charge in [-0.2, -0.15) is 5.26 Å². The molecular formula is C13H16ClNO4S. The lowest BCUT2D eigenvalue weighted by Gasteiger charge is -2.08. The molecule has 0 fully saturated rings. The number of benzene rings is 1. The lowest BCUT2D eigenvalue weighted by atomic mass is 10.2. The van der Waals surface area contributed by atoms with Crippen LogP contribution >= 0.6 is 10.7 Å². The second-order valence-corrected chi connectivity index (χ2v) is 7.06. The maximum Gasteiger partial charge on any atom is 0.232 e. The second kappa shape index (κ2) is 7.98. The van der Waals surface area contributed by atoms with E-state index in [4.69, 9.17) is 25.4 Å². The van der Waals surface area contributed by atoms with E-state index in [-0.39, 0.29) is 5.75 Å². The zero-order valence-corrected chi connectivity index (χ0v) is 12.7. The van der Waals surface area contributed by atoms with E-state index in [1.54, 1.807) is 18.2 Å². The molecule has 110 valence electrons. The first-order chi connectivity index (χ1) is 9.44. The molecular weight excluding hydrogens is 302 g/mol. The van der Waals surface area contributed by atoms with Gasteiger partial charge in [0.15, 0.2) is 0 Å². The van der Waals surface area contributed by atoms with Gasteiger partial charge in [0.05, 0.1) is 31.1 Å². The van der Waals surface area contributed by atoms with Crippen LogP contribution in [-0.2, 0) is 9.05 Å². The van der Waals surface area contributed by atoms with Gasteiger partial charge in [-0.1, -0.05) is 0 Å². The summed E-state index contributed by atoms with van der Waals surface area (Å²) < 4.78 is 32.0. The smallest absolute Gasteiger partial charge is 0.232 e. The SMILES string of the molecule is COc1cc(C#N)cc(OCCCCCS(=O)(=O)Cl)c1. The van der Waals surface area contributed by atoms with Crippen LogP contribution in [0.15, 0.2) is 18.2 Å². The van der Waals surface area contributed by atoms with E-state index in [1.165, 1.54) is 7.11 Å². The van der Waals surface area contributed by atoms with Crippen molar-refractivity contribution in [2.75, 3.05) is 19.5 Å². The fourth-order valence-corrected chi connectivity index (χ4v) is 2.46. The first kappa shape index (κ1) is 16.6. The molecule has 0 aliphatic heterocycles. The largest absolute Gasteiger partial charge is 0.497 e. The summed E-state index contributed by atoms with van der Waals surface area (Å²) in [7, 11) is 3.22. The zero-order valence-electron chi connectivity index (χ0n) is 11.1. The Morgan fingerprint density at radius 3 is 2.50 bits per heavy atom. The molecule has 7 heteroatoms. The first-order valence-electron chi connectivity index (χ1n) is 6.09. The molecule has 0 unspecified atom stereocenters. The predicted octanol–water partition coefficient (Wildman–Crippen LogP) is 2.68. The third-order valence-corrected chi connectivity index (χ3v) is 3.79. The summed E-state index contributed by atoms with van der Waals surface area (Å²) in [5.74, 6) is 1.10. The summed E-state index contributed by atoms with van der Waals surface area (Å²) in [4.78, 5) is 0. The molecule has 5 nitrogen and oxygen atoms in total. The highest BCUT2D eigenvalue weighted by Gasteiger charge is 2.05. The molecule has 0 aromatic heterocycles. The van der Waals surface area contributed by atoms with Crippen LogP contribution < -0.4 is 9.47 Å². The fraction of sp³-hybridized carbons (Fsp3) is 0.462. The van der Waals surface area contributed by atoms with Gasteiger partial charge in [-0.3, -0.25) is 0 Å². The van der Waals surface area contributed by atoms with Crippen molar-refractivity contribution >= 4 is 19.7 Å². The van der Waals surface area contributed by atoms with E-state index in [0.29, 0.717) is 42.9 Å². The number of nitriles is 1. The number of nitrogens with zero attached hydrogens (tertiary/aromatic N) is 1. The van der Waals surface area contributed by atoms with Crippen LogP contribution in [0, 0.1) is 11.3 Å². The normalized spacial score (nSPS) is 10.8. The molecule has 0 bridgehead atoms. The van der Waals surface area contributed by atoms with Crippen molar-refractivity contribution in [3.8, 4) is 17.6 Å². The van der Waals surface area contributed by atoms with Gasteiger partial charge in [-0.05, 0) is 31.4 Å². The van der Waals surface area contributed by atoms with Crippen molar-refractivity contribution in [2.45, 2.75) is 19.3 Å². The predicted molar refractivity (Wildman–Crippen MR) is 76.7 cm³/mol. The van der Waals surface area contributed by atoms with Crippen LogP contribution in [0.25, 0.3) is 0 Å². The van der Waals surface area contributed by atoms with Crippen LogP contribution in [0.4, 0.5) is 0 Å². The summed E-state index contributed by atoms with van der Waals surface area (Å²) in [5.41, 5.74) is 0.465. The number of unbranched alkanes of at least 4 members (excludes halogenated alkanes) is 2. The van der Waals surface area contributed by atoms with Gasteiger partial charge in [-0.15, -0.1) is 0 Å². The molecule has 0 saturated heterocycles. The monoisotopic (exact) mass is 317 g/mol.